The molecule has 0 aliphatic carbocycles. The molecule has 9 nitrogen and oxygen atoms in total. The summed E-state index contributed by atoms with van der Waals surface area (Å²) in [7, 11) is 1.60. The van der Waals surface area contributed by atoms with Gasteiger partial charge in [0.05, 0.1) is 18.1 Å². The second-order valence-corrected chi connectivity index (χ2v) is 8.36. The second kappa shape index (κ2) is 8.56. The first-order chi connectivity index (χ1) is 15.2. The Hall–Kier alpha value is -3.10. The van der Waals surface area contributed by atoms with Crippen LogP contribution < -0.4 is 20.2 Å². The molecule has 1 aromatic carbocycles. The van der Waals surface area contributed by atoms with Crippen molar-refractivity contribution in [2.45, 2.75) is 44.6 Å². The van der Waals surface area contributed by atoms with E-state index in [4.69, 9.17) is 9.72 Å². The van der Waals surface area contributed by atoms with E-state index in [1.54, 1.807) is 7.11 Å². The van der Waals surface area contributed by atoms with Crippen LogP contribution in [0.4, 0.5) is 11.9 Å². The van der Waals surface area contributed by atoms with Crippen molar-refractivity contribution in [1.29, 1.82) is 0 Å². The predicted molar refractivity (Wildman–Crippen MR) is 120 cm³/mol. The molecule has 4 heterocycles. The molecule has 5 rings (SSSR count). The van der Waals surface area contributed by atoms with Gasteiger partial charge in [0.15, 0.2) is 0 Å². The summed E-state index contributed by atoms with van der Waals surface area (Å²) >= 11 is 0. The van der Waals surface area contributed by atoms with Gasteiger partial charge < -0.3 is 19.5 Å². The van der Waals surface area contributed by atoms with Gasteiger partial charge in [0.1, 0.15) is 0 Å². The number of nitrogens with one attached hydrogen (secondary N) is 1. The minimum Gasteiger partial charge on any atom is -0.467 e. The van der Waals surface area contributed by atoms with Crippen molar-refractivity contribution in [2.75, 3.05) is 43.1 Å². The van der Waals surface area contributed by atoms with Crippen LogP contribution in [0.25, 0.3) is 11.0 Å². The first-order valence-electron chi connectivity index (χ1n) is 11.2. The van der Waals surface area contributed by atoms with Crippen LogP contribution in [0.1, 0.15) is 44.6 Å². The minimum absolute atomic E-state index is 0.0371. The van der Waals surface area contributed by atoms with Crippen molar-refractivity contribution < 1.29 is 4.74 Å². The Labute approximate surface area is 181 Å². The molecule has 31 heavy (non-hydrogen) atoms. The second-order valence-electron chi connectivity index (χ2n) is 8.36. The maximum absolute atomic E-state index is 12.6. The number of H-pyrrole nitrogens is 1. The molecule has 0 bridgehead atoms. The Kier molecular flexibility index (Phi) is 5.48. The van der Waals surface area contributed by atoms with Gasteiger partial charge >= 0.3 is 11.7 Å². The molecule has 0 saturated carbocycles. The molecule has 2 aliphatic heterocycles. The third kappa shape index (κ3) is 3.96. The summed E-state index contributed by atoms with van der Waals surface area (Å²) in [5.74, 6) is 1.37. The summed E-state index contributed by atoms with van der Waals surface area (Å²) in [6, 6.07) is 8.39. The number of imidazole rings is 1. The maximum atomic E-state index is 12.6. The molecular weight excluding hydrogens is 394 g/mol. The third-order valence-corrected chi connectivity index (χ3v) is 6.40. The molecule has 0 atom stereocenters. The van der Waals surface area contributed by atoms with E-state index in [-0.39, 0.29) is 11.7 Å². The van der Waals surface area contributed by atoms with Gasteiger partial charge in [-0.05, 0) is 37.8 Å². The fraction of sp³-hybridized carbons (Fsp3) is 0.545. The Balaban J connectivity index is 1.36. The lowest BCUT2D eigenvalue weighted by Crippen LogP contribution is -2.38. The van der Waals surface area contributed by atoms with Crippen molar-refractivity contribution in [3.63, 3.8) is 0 Å². The van der Waals surface area contributed by atoms with Crippen LogP contribution >= 0.6 is 0 Å². The summed E-state index contributed by atoms with van der Waals surface area (Å²) < 4.78 is 7.29. The van der Waals surface area contributed by atoms with Crippen LogP contribution in [-0.4, -0.2) is 57.8 Å². The number of piperidine rings is 1. The van der Waals surface area contributed by atoms with E-state index in [0.29, 0.717) is 17.9 Å². The predicted octanol–water partition coefficient (Wildman–Crippen LogP) is 2.75. The zero-order valence-corrected chi connectivity index (χ0v) is 18.0. The maximum Gasteiger partial charge on any atom is 0.326 e. The number of aromatic amines is 1. The first-order valence-corrected chi connectivity index (χ1v) is 11.2. The van der Waals surface area contributed by atoms with Crippen molar-refractivity contribution >= 4 is 22.9 Å². The monoisotopic (exact) mass is 423 g/mol. The molecule has 2 fully saturated rings. The van der Waals surface area contributed by atoms with E-state index in [1.165, 1.54) is 12.8 Å². The third-order valence-electron chi connectivity index (χ3n) is 6.40. The number of methoxy groups -OCH3 is 1. The van der Waals surface area contributed by atoms with Crippen LogP contribution in [-0.2, 0) is 0 Å². The molecular formula is C22H29N7O2. The zero-order valence-electron chi connectivity index (χ0n) is 18.0. The van der Waals surface area contributed by atoms with Crippen LogP contribution in [0.5, 0.6) is 6.01 Å². The topological polar surface area (TPSA) is 92.2 Å². The van der Waals surface area contributed by atoms with Crippen LogP contribution in [0, 0.1) is 0 Å². The molecule has 0 radical (unpaired) electrons. The van der Waals surface area contributed by atoms with Gasteiger partial charge in [0.25, 0.3) is 0 Å². The summed E-state index contributed by atoms with van der Waals surface area (Å²) in [6.45, 7) is 3.50. The molecule has 0 amide bonds. The molecule has 2 aromatic heterocycles. The molecule has 2 aliphatic rings. The number of aromatic nitrogens is 5. The fourth-order valence-electron chi connectivity index (χ4n) is 4.74. The van der Waals surface area contributed by atoms with Gasteiger partial charge in [-0.1, -0.05) is 25.0 Å². The molecule has 0 unspecified atom stereocenters. The van der Waals surface area contributed by atoms with Gasteiger partial charge in [0, 0.05) is 32.2 Å². The lowest BCUT2D eigenvalue weighted by molar-refractivity contribution is 0.372. The Morgan fingerprint density at radius 2 is 1.55 bits per heavy atom. The number of ether oxygens (including phenoxy) is 1. The van der Waals surface area contributed by atoms with Crippen LogP contribution in [0.15, 0.2) is 29.1 Å². The van der Waals surface area contributed by atoms with E-state index in [0.717, 1.165) is 62.9 Å². The summed E-state index contributed by atoms with van der Waals surface area (Å²) in [6.07, 6.45) is 6.55. The highest BCUT2D eigenvalue weighted by Crippen LogP contribution is 2.28. The smallest absolute Gasteiger partial charge is 0.326 e. The number of rotatable bonds is 4. The number of hydrogen-bond acceptors (Lipinski definition) is 7. The molecule has 1 N–H and O–H groups in total. The highest BCUT2D eigenvalue weighted by Gasteiger charge is 2.26. The number of hydrogen-bond donors (Lipinski definition) is 1. The minimum atomic E-state index is -0.0371. The standard InChI is InChI=1S/C22H29N7O2/c1-31-21-25-19(27-12-6-2-3-7-13-27)24-20(26-21)28-14-10-16(11-15-28)29-18-9-5-4-8-17(18)23-22(29)30/h4-5,8-9,16H,2-3,6-7,10-15H2,1H3,(H,23,30). The van der Waals surface area contributed by atoms with Crippen molar-refractivity contribution in [3.05, 3.63) is 34.7 Å². The van der Waals surface area contributed by atoms with Crippen LogP contribution in [0.3, 0.4) is 0 Å². The van der Waals surface area contributed by atoms with Crippen molar-refractivity contribution in [3.8, 4) is 6.01 Å². The fourth-order valence-corrected chi connectivity index (χ4v) is 4.74. The van der Waals surface area contributed by atoms with E-state index in [9.17, 15) is 4.79 Å². The number of para-hydroxylation sites is 2. The van der Waals surface area contributed by atoms with Crippen molar-refractivity contribution in [2.24, 2.45) is 0 Å². The molecule has 0 spiro atoms. The van der Waals surface area contributed by atoms with Crippen LogP contribution in [0.2, 0.25) is 0 Å². The molecule has 2 saturated heterocycles. The van der Waals surface area contributed by atoms with Gasteiger partial charge in [-0.25, -0.2) is 4.79 Å². The average Bonchev–Trinajstić information content (AvgIpc) is 2.96. The largest absolute Gasteiger partial charge is 0.467 e. The van der Waals surface area contributed by atoms with E-state index in [1.807, 2.05) is 28.8 Å². The lowest BCUT2D eigenvalue weighted by atomic mass is 10.0. The number of anilines is 2. The quantitative estimate of drug-likeness (QED) is 0.690. The van der Waals surface area contributed by atoms with Gasteiger partial charge in [-0.3, -0.25) is 4.57 Å². The lowest BCUT2D eigenvalue weighted by Gasteiger charge is -2.33. The van der Waals surface area contributed by atoms with Gasteiger partial charge in [-0.2, -0.15) is 15.0 Å². The van der Waals surface area contributed by atoms with E-state index < -0.39 is 0 Å². The van der Waals surface area contributed by atoms with Crippen molar-refractivity contribution in [1.82, 2.24) is 24.5 Å². The zero-order chi connectivity index (χ0) is 21.2. The number of fused-ring (bicyclic) bond motifs is 1. The normalized spacial score (nSPS) is 18.4. The summed E-state index contributed by atoms with van der Waals surface area (Å²) in [4.78, 5) is 33.8. The Morgan fingerprint density at radius 1 is 0.903 bits per heavy atom. The van der Waals surface area contributed by atoms with Gasteiger partial charge in [0.2, 0.25) is 11.9 Å². The van der Waals surface area contributed by atoms with E-state index >= 15 is 0 Å². The Bertz CT molecular complexity index is 1090. The summed E-state index contributed by atoms with van der Waals surface area (Å²) in [5.41, 5.74) is 1.82. The molecule has 3 aromatic rings. The highest BCUT2D eigenvalue weighted by atomic mass is 16.5. The molecule has 9 heteroatoms. The van der Waals surface area contributed by atoms with Gasteiger partial charge in [-0.15, -0.1) is 0 Å². The Morgan fingerprint density at radius 3 is 2.23 bits per heavy atom. The first kappa shape index (κ1) is 19.8. The SMILES string of the molecule is COc1nc(N2CCCCCC2)nc(N2CCC(n3c(=O)[nH]c4ccccc43)CC2)n1. The number of benzene rings is 1. The molecule has 164 valence electrons. The highest BCUT2D eigenvalue weighted by molar-refractivity contribution is 5.75. The average molecular weight is 424 g/mol. The number of nitrogens with zero attached hydrogens (tertiary/aromatic N) is 6. The summed E-state index contributed by atoms with van der Waals surface area (Å²) in [5, 5.41) is 0. The van der Waals surface area contributed by atoms with E-state index in [2.05, 4.69) is 24.8 Å².